The summed E-state index contributed by atoms with van der Waals surface area (Å²) in [5.41, 5.74) is 1.96. The minimum Gasteiger partial charge on any atom is -0.342 e. The van der Waals surface area contributed by atoms with Gasteiger partial charge in [0.1, 0.15) is 5.78 Å². The van der Waals surface area contributed by atoms with Crippen molar-refractivity contribution in [2.45, 2.75) is 39.7 Å². The third-order valence-electron chi connectivity index (χ3n) is 4.82. The van der Waals surface area contributed by atoms with Crippen LogP contribution in [-0.2, 0) is 11.3 Å². The van der Waals surface area contributed by atoms with Gasteiger partial charge in [-0.2, -0.15) is 0 Å². The van der Waals surface area contributed by atoms with E-state index in [0.717, 1.165) is 38.0 Å². The molecule has 1 heterocycles. The number of amides is 1. The van der Waals surface area contributed by atoms with Gasteiger partial charge in [-0.3, -0.25) is 14.5 Å². The topological polar surface area (TPSA) is 40.6 Å². The number of carbonyl (C=O) groups is 2. The van der Waals surface area contributed by atoms with Gasteiger partial charge in [-0.15, -0.1) is 0 Å². The molecule has 126 valence electrons. The molecule has 0 bridgehead atoms. The summed E-state index contributed by atoms with van der Waals surface area (Å²) in [7, 11) is 1.82. The molecule has 1 fully saturated rings. The quantitative estimate of drug-likeness (QED) is 0.810. The Bertz CT molecular complexity index is 531. The van der Waals surface area contributed by atoms with Crippen molar-refractivity contribution >= 4 is 11.7 Å². The summed E-state index contributed by atoms with van der Waals surface area (Å²) >= 11 is 0. The molecule has 1 saturated heterocycles. The SMILES string of the molecule is CCC(=O)C1CCN(Cc2ccc(C(=O)N(C)CC)cc2)CC1. The highest BCUT2D eigenvalue weighted by Gasteiger charge is 2.23. The second-order valence-electron chi connectivity index (χ2n) is 6.39. The summed E-state index contributed by atoms with van der Waals surface area (Å²) in [5.74, 6) is 0.742. The molecule has 1 amide bonds. The molecule has 0 aliphatic carbocycles. The standard InChI is InChI=1S/C19H28N2O2/c1-4-18(22)16-10-12-21(13-11-16)14-15-6-8-17(9-7-15)19(23)20(3)5-2/h6-9,16H,4-5,10-14H2,1-3H3. The second-order valence-corrected chi connectivity index (χ2v) is 6.39. The third-order valence-corrected chi connectivity index (χ3v) is 4.82. The minimum atomic E-state index is 0.0675. The molecule has 0 spiro atoms. The highest BCUT2D eigenvalue weighted by molar-refractivity contribution is 5.94. The molecule has 23 heavy (non-hydrogen) atoms. The van der Waals surface area contributed by atoms with Gasteiger partial charge in [0.25, 0.3) is 5.91 Å². The van der Waals surface area contributed by atoms with Crippen LogP contribution in [0.15, 0.2) is 24.3 Å². The van der Waals surface area contributed by atoms with Crippen LogP contribution >= 0.6 is 0 Å². The molecule has 1 aromatic rings. The van der Waals surface area contributed by atoms with Gasteiger partial charge in [0.05, 0.1) is 0 Å². The number of nitrogens with zero attached hydrogens (tertiary/aromatic N) is 2. The summed E-state index contributed by atoms with van der Waals surface area (Å²) in [6.45, 7) is 7.50. The molecule has 4 heteroatoms. The Morgan fingerprint density at radius 1 is 1.13 bits per heavy atom. The maximum Gasteiger partial charge on any atom is 0.253 e. The van der Waals surface area contributed by atoms with Crippen molar-refractivity contribution in [3.63, 3.8) is 0 Å². The Balaban J connectivity index is 1.87. The van der Waals surface area contributed by atoms with E-state index in [1.54, 1.807) is 4.90 Å². The monoisotopic (exact) mass is 316 g/mol. The van der Waals surface area contributed by atoms with Crippen LogP contribution in [0.3, 0.4) is 0 Å². The lowest BCUT2D eigenvalue weighted by molar-refractivity contribution is -0.124. The van der Waals surface area contributed by atoms with E-state index in [0.29, 0.717) is 18.7 Å². The van der Waals surface area contributed by atoms with E-state index in [2.05, 4.69) is 4.90 Å². The van der Waals surface area contributed by atoms with Gasteiger partial charge in [-0.05, 0) is 50.6 Å². The van der Waals surface area contributed by atoms with Crippen molar-refractivity contribution in [3.8, 4) is 0 Å². The van der Waals surface area contributed by atoms with E-state index in [-0.39, 0.29) is 11.8 Å². The van der Waals surface area contributed by atoms with Crippen molar-refractivity contribution in [1.29, 1.82) is 0 Å². The van der Waals surface area contributed by atoms with Crippen LogP contribution in [0.4, 0.5) is 0 Å². The third kappa shape index (κ3) is 4.64. The largest absolute Gasteiger partial charge is 0.342 e. The van der Waals surface area contributed by atoms with Crippen LogP contribution in [0.25, 0.3) is 0 Å². The number of hydrogen-bond acceptors (Lipinski definition) is 3. The fourth-order valence-corrected chi connectivity index (χ4v) is 3.08. The predicted molar refractivity (Wildman–Crippen MR) is 92.4 cm³/mol. The highest BCUT2D eigenvalue weighted by atomic mass is 16.2. The van der Waals surface area contributed by atoms with E-state index in [4.69, 9.17) is 0 Å². The van der Waals surface area contributed by atoms with E-state index in [9.17, 15) is 9.59 Å². The molecule has 0 N–H and O–H groups in total. The molecule has 0 unspecified atom stereocenters. The average Bonchev–Trinajstić information content (AvgIpc) is 2.61. The highest BCUT2D eigenvalue weighted by Crippen LogP contribution is 2.21. The molecule has 0 radical (unpaired) electrons. The summed E-state index contributed by atoms with van der Waals surface area (Å²) in [4.78, 5) is 28.0. The Morgan fingerprint density at radius 3 is 2.26 bits per heavy atom. The second kappa shape index (κ2) is 8.25. The van der Waals surface area contributed by atoms with Crippen LogP contribution in [0.5, 0.6) is 0 Å². The van der Waals surface area contributed by atoms with Gasteiger partial charge in [-0.1, -0.05) is 19.1 Å². The smallest absolute Gasteiger partial charge is 0.253 e. The van der Waals surface area contributed by atoms with Crippen molar-refractivity contribution in [2.75, 3.05) is 26.7 Å². The molecule has 0 aromatic heterocycles. The van der Waals surface area contributed by atoms with Gasteiger partial charge >= 0.3 is 0 Å². The van der Waals surface area contributed by atoms with Crippen molar-refractivity contribution in [2.24, 2.45) is 5.92 Å². The van der Waals surface area contributed by atoms with Gasteiger partial charge in [0, 0.05) is 38.0 Å². The van der Waals surface area contributed by atoms with Crippen LogP contribution in [0, 0.1) is 5.92 Å². The summed E-state index contributed by atoms with van der Waals surface area (Å²) < 4.78 is 0. The lowest BCUT2D eigenvalue weighted by Gasteiger charge is -2.31. The Kier molecular flexibility index (Phi) is 6.34. The zero-order chi connectivity index (χ0) is 16.8. The first-order chi connectivity index (χ1) is 11.0. The molecule has 0 atom stereocenters. The lowest BCUT2D eigenvalue weighted by atomic mass is 9.91. The Hall–Kier alpha value is -1.68. The molecule has 4 nitrogen and oxygen atoms in total. The number of ketones is 1. The maximum atomic E-state index is 12.1. The minimum absolute atomic E-state index is 0.0675. The summed E-state index contributed by atoms with van der Waals surface area (Å²) in [6, 6.07) is 7.91. The van der Waals surface area contributed by atoms with E-state index < -0.39 is 0 Å². The van der Waals surface area contributed by atoms with Crippen LogP contribution in [0.1, 0.15) is 49.0 Å². The van der Waals surface area contributed by atoms with Gasteiger partial charge in [0.2, 0.25) is 0 Å². The number of Topliss-reactive ketones (excluding diaryl/α,β-unsaturated/α-hetero) is 1. The number of carbonyl (C=O) groups excluding carboxylic acids is 2. The number of benzene rings is 1. The summed E-state index contributed by atoms with van der Waals surface area (Å²) in [5, 5.41) is 0. The van der Waals surface area contributed by atoms with E-state index in [1.165, 1.54) is 5.56 Å². The molecule has 1 aliphatic heterocycles. The molecule has 2 rings (SSSR count). The normalized spacial score (nSPS) is 16.3. The molecule has 1 aromatic carbocycles. The Morgan fingerprint density at radius 2 is 1.74 bits per heavy atom. The fourth-order valence-electron chi connectivity index (χ4n) is 3.08. The molecular weight excluding hydrogens is 288 g/mol. The van der Waals surface area contributed by atoms with Gasteiger partial charge in [-0.25, -0.2) is 0 Å². The summed E-state index contributed by atoms with van der Waals surface area (Å²) in [6.07, 6.45) is 2.61. The van der Waals surface area contributed by atoms with Crippen molar-refractivity contribution < 1.29 is 9.59 Å². The molecule has 0 saturated carbocycles. The number of likely N-dealkylation sites (tertiary alicyclic amines) is 1. The van der Waals surface area contributed by atoms with E-state index >= 15 is 0 Å². The van der Waals surface area contributed by atoms with Crippen LogP contribution in [-0.4, -0.2) is 48.2 Å². The number of piperidine rings is 1. The first kappa shape index (κ1) is 17.7. The first-order valence-corrected chi connectivity index (χ1v) is 8.64. The number of rotatable bonds is 6. The molecule has 1 aliphatic rings. The zero-order valence-corrected chi connectivity index (χ0v) is 14.5. The van der Waals surface area contributed by atoms with Gasteiger partial charge in [0.15, 0.2) is 0 Å². The lowest BCUT2D eigenvalue weighted by Crippen LogP contribution is -2.35. The first-order valence-electron chi connectivity index (χ1n) is 8.64. The fraction of sp³-hybridized carbons (Fsp3) is 0.579. The zero-order valence-electron chi connectivity index (χ0n) is 14.5. The van der Waals surface area contributed by atoms with E-state index in [1.807, 2.05) is 45.2 Å². The average molecular weight is 316 g/mol. The van der Waals surface area contributed by atoms with Crippen molar-refractivity contribution in [1.82, 2.24) is 9.80 Å². The predicted octanol–water partition coefficient (Wildman–Crippen LogP) is 2.97. The van der Waals surface area contributed by atoms with Crippen molar-refractivity contribution in [3.05, 3.63) is 35.4 Å². The van der Waals surface area contributed by atoms with Crippen LogP contribution in [0.2, 0.25) is 0 Å². The number of hydrogen-bond donors (Lipinski definition) is 0. The maximum absolute atomic E-state index is 12.1. The van der Waals surface area contributed by atoms with Gasteiger partial charge < -0.3 is 4.90 Å². The molecular formula is C19H28N2O2. The van der Waals surface area contributed by atoms with Crippen LogP contribution < -0.4 is 0 Å². The Labute approximate surface area is 139 Å².